The van der Waals surface area contributed by atoms with Crippen molar-refractivity contribution in [1.82, 2.24) is 0 Å². The molecule has 86 valence electrons. The molecule has 1 fully saturated rings. The van der Waals surface area contributed by atoms with Crippen LogP contribution in [0, 0.1) is 10.7 Å². The van der Waals surface area contributed by atoms with Crippen LogP contribution in [0.3, 0.4) is 0 Å². The van der Waals surface area contributed by atoms with Crippen molar-refractivity contribution in [3.8, 4) is 10.7 Å². The molecule has 1 aliphatic rings. The second-order valence-electron chi connectivity index (χ2n) is 3.59. The van der Waals surface area contributed by atoms with Gasteiger partial charge in [-0.25, -0.2) is 0 Å². The Kier molecular flexibility index (Phi) is 8.05. The third-order valence-corrected chi connectivity index (χ3v) is 3.86. The van der Waals surface area contributed by atoms with Gasteiger partial charge >= 0.3 is 99.0 Å². The molecule has 0 bridgehead atoms. The topological polar surface area (TPSA) is 18.5 Å². The minimum atomic E-state index is 0.0104. The van der Waals surface area contributed by atoms with Gasteiger partial charge in [0.2, 0.25) is 0 Å². The third-order valence-electron chi connectivity index (χ3n) is 2.22. The monoisotopic (exact) mass is 276 g/mol. The van der Waals surface area contributed by atoms with Crippen LogP contribution in [0.4, 0.5) is 0 Å². The van der Waals surface area contributed by atoms with Crippen LogP contribution in [-0.2, 0) is 9.47 Å². The molecule has 0 aromatic carbocycles. The Morgan fingerprint density at radius 1 is 1.47 bits per heavy atom. The Morgan fingerprint density at radius 2 is 2.40 bits per heavy atom. The molecule has 1 heterocycles. The average molecular weight is 275 g/mol. The van der Waals surface area contributed by atoms with Crippen molar-refractivity contribution in [1.29, 1.82) is 0 Å². The molecule has 0 saturated carbocycles. The molecule has 1 rings (SSSR count). The molecule has 0 aromatic rings. The summed E-state index contributed by atoms with van der Waals surface area (Å²) in [5, 5.41) is 1.27. The fraction of sp³-hybridized carbons (Fsp3) is 0.833. The fourth-order valence-corrected chi connectivity index (χ4v) is 2.79. The molecule has 0 N–H and O–H groups in total. The standard InChI is InChI=1S/C12H20O2Se/c1-2-3-10-15-11-6-9-14-12-7-4-5-8-13-12/h12H,2-5,7-10H2,1H3. The second-order valence-corrected chi connectivity index (χ2v) is 5.48. The van der Waals surface area contributed by atoms with E-state index in [0.29, 0.717) is 21.6 Å². The normalized spacial score (nSPS) is 20.7. The fourth-order valence-electron chi connectivity index (χ4n) is 1.33. The molecular weight excluding hydrogens is 255 g/mol. The number of hydrogen-bond donors (Lipinski definition) is 0. The summed E-state index contributed by atoms with van der Waals surface area (Å²) in [5.74, 6) is 3.07. The van der Waals surface area contributed by atoms with Crippen LogP contribution in [0.2, 0.25) is 5.32 Å². The van der Waals surface area contributed by atoms with Crippen molar-refractivity contribution in [3.05, 3.63) is 0 Å². The summed E-state index contributed by atoms with van der Waals surface area (Å²) in [6, 6.07) is 0. The van der Waals surface area contributed by atoms with E-state index >= 15 is 0 Å². The van der Waals surface area contributed by atoms with E-state index in [0.717, 1.165) is 13.0 Å². The summed E-state index contributed by atoms with van der Waals surface area (Å²) in [5.41, 5.74) is 0. The van der Waals surface area contributed by atoms with Gasteiger partial charge in [-0.05, 0) is 0 Å². The predicted octanol–water partition coefficient (Wildman–Crippen LogP) is 2.41. The van der Waals surface area contributed by atoms with Crippen molar-refractivity contribution in [3.63, 3.8) is 0 Å². The molecule has 2 nitrogen and oxygen atoms in total. The summed E-state index contributed by atoms with van der Waals surface area (Å²) < 4.78 is 10.9. The van der Waals surface area contributed by atoms with E-state index in [1.54, 1.807) is 0 Å². The van der Waals surface area contributed by atoms with Crippen LogP contribution in [0.15, 0.2) is 0 Å². The Labute approximate surface area is 99.3 Å². The molecule has 15 heavy (non-hydrogen) atoms. The van der Waals surface area contributed by atoms with Crippen molar-refractivity contribution in [2.24, 2.45) is 0 Å². The van der Waals surface area contributed by atoms with Gasteiger partial charge in [0.05, 0.1) is 0 Å². The number of unbranched alkanes of at least 4 members (excludes halogenated alkanes) is 1. The van der Waals surface area contributed by atoms with E-state index in [1.165, 1.54) is 31.0 Å². The van der Waals surface area contributed by atoms with Gasteiger partial charge in [0.15, 0.2) is 0 Å². The van der Waals surface area contributed by atoms with Gasteiger partial charge in [0, 0.05) is 0 Å². The first kappa shape index (κ1) is 13.1. The van der Waals surface area contributed by atoms with Crippen LogP contribution in [0.1, 0.15) is 39.0 Å². The van der Waals surface area contributed by atoms with Crippen LogP contribution in [0.25, 0.3) is 0 Å². The molecule has 1 unspecified atom stereocenters. The zero-order valence-electron chi connectivity index (χ0n) is 9.46. The van der Waals surface area contributed by atoms with E-state index in [2.05, 4.69) is 17.7 Å². The first-order valence-electron chi connectivity index (χ1n) is 5.76. The molecule has 1 atom stereocenters. The Morgan fingerprint density at radius 3 is 3.13 bits per heavy atom. The Bertz CT molecular complexity index is 201. The zero-order valence-corrected chi connectivity index (χ0v) is 11.2. The van der Waals surface area contributed by atoms with Gasteiger partial charge in [-0.15, -0.1) is 0 Å². The van der Waals surface area contributed by atoms with Crippen molar-refractivity contribution < 1.29 is 9.47 Å². The molecular formula is C12H20O2Se. The van der Waals surface area contributed by atoms with Gasteiger partial charge in [-0.2, -0.15) is 0 Å². The molecule has 0 spiro atoms. The maximum atomic E-state index is 5.50. The average Bonchev–Trinajstić information content (AvgIpc) is 2.29. The summed E-state index contributed by atoms with van der Waals surface area (Å²) in [6.07, 6.45) is 6.01. The van der Waals surface area contributed by atoms with E-state index in [4.69, 9.17) is 9.47 Å². The minimum absolute atomic E-state index is 0.0104. The van der Waals surface area contributed by atoms with Crippen molar-refractivity contribution >= 4 is 15.0 Å². The van der Waals surface area contributed by atoms with Gasteiger partial charge in [0.25, 0.3) is 0 Å². The van der Waals surface area contributed by atoms with Gasteiger partial charge in [-0.3, -0.25) is 0 Å². The van der Waals surface area contributed by atoms with Gasteiger partial charge < -0.3 is 0 Å². The van der Waals surface area contributed by atoms with Crippen molar-refractivity contribution in [2.75, 3.05) is 13.2 Å². The predicted molar refractivity (Wildman–Crippen MR) is 62.8 cm³/mol. The third kappa shape index (κ3) is 6.98. The van der Waals surface area contributed by atoms with Gasteiger partial charge in [-0.1, -0.05) is 0 Å². The molecule has 3 heteroatoms. The summed E-state index contributed by atoms with van der Waals surface area (Å²) in [4.78, 5) is 3.19. The van der Waals surface area contributed by atoms with Crippen LogP contribution in [-0.4, -0.2) is 34.5 Å². The SMILES string of the molecule is CCCC[Se]C#CCOC1CCCCO1. The van der Waals surface area contributed by atoms with E-state index < -0.39 is 0 Å². The van der Waals surface area contributed by atoms with Crippen LogP contribution in [0.5, 0.6) is 0 Å². The summed E-state index contributed by atoms with van der Waals surface area (Å²) >= 11 is 0.493. The first-order chi connectivity index (χ1) is 7.43. The zero-order chi connectivity index (χ0) is 10.8. The van der Waals surface area contributed by atoms with Crippen molar-refractivity contribution in [2.45, 2.75) is 50.6 Å². The Balaban J connectivity index is 1.94. The Hall–Kier alpha value is -0.000519. The molecule has 0 radical (unpaired) electrons. The maximum absolute atomic E-state index is 5.50. The number of ether oxygens (including phenoxy) is 2. The molecule has 1 saturated heterocycles. The molecule has 0 aliphatic carbocycles. The van der Waals surface area contributed by atoms with Gasteiger partial charge in [0.1, 0.15) is 0 Å². The quantitative estimate of drug-likeness (QED) is 0.436. The van der Waals surface area contributed by atoms with Crippen LogP contribution >= 0.6 is 0 Å². The molecule has 0 amide bonds. The van der Waals surface area contributed by atoms with E-state index in [1.807, 2.05) is 0 Å². The second kappa shape index (κ2) is 9.24. The summed E-state index contributed by atoms with van der Waals surface area (Å²) in [7, 11) is 0. The van der Waals surface area contributed by atoms with E-state index in [-0.39, 0.29) is 6.29 Å². The number of hydrogen-bond acceptors (Lipinski definition) is 2. The first-order valence-corrected chi connectivity index (χ1v) is 7.83. The van der Waals surface area contributed by atoms with E-state index in [9.17, 15) is 0 Å². The molecule has 1 aliphatic heterocycles. The van der Waals surface area contributed by atoms with Crippen LogP contribution < -0.4 is 0 Å². The summed E-state index contributed by atoms with van der Waals surface area (Å²) in [6.45, 7) is 3.60. The number of rotatable bonds is 5. The molecule has 0 aromatic heterocycles.